The Morgan fingerprint density at radius 3 is 2.88 bits per heavy atom. The molecule has 0 aliphatic carbocycles. The molecule has 88 valence electrons. The molecule has 0 atom stereocenters. The number of hydrogen-bond acceptors (Lipinski definition) is 5. The van der Waals surface area contributed by atoms with E-state index in [1.165, 1.54) is 16.9 Å². The lowest BCUT2D eigenvalue weighted by atomic mass is 10.2. The maximum atomic E-state index is 12.9. The minimum Gasteiger partial charge on any atom is -0.325 e. The van der Waals surface area contributed by atoms with Crippen molar-refractivity contribution in [1.82, 2.24) is 15.0 Å². The Bertz CT molecular complexity index is 568. The Balaban J connectivity index is 2.54. The normalized spacial score (nSPS) is 10.5. The van der Waals surface area contributed by atoms with E-state index in [4.69, 9.17) is 5.73 Å². The molecule has 2 aromatic rings. The number of aromatic nitrogens is 3. The molecule has 0 bridgehead atoms. The molecule has 0 aliphatic heterocycles. The quantitative estimate of drug-likeness (QED) is 0.627. The average molecular weight is 237 g/mol. The van der Waals surface area contributed by atoms with E-state index < -0.39 is 10.7 Å². The van der Waals surface area contributed by atoms with Crippen LogP contribution in [-0.4, -0.2) is 19.9 Å². The maximum Gasteiger partial charge on any atom is 0.297 e. The lowest BCUT2D eigenvalue weighted by Gasteiger charge is -2.01. The number of nitro benzene ring substituents is 1. The van der Waals surface area contributed by atoms with E-state index in [1.807, 2.05) is 0 Å². The van der Waals surface area contributed by atoms with Gasteiger partial charge in [0.15, 0.2) is 0 Å². The molecule has 8 heteroatoms. The van der Waals surface area contributed by atoms with E-state index in [-0.39, 0.29) is 17.9 Å². The first-order valence-corrected chi connectivity index (χ1v) is 4.67. The third kappa shape index (κ3) is 2.11. The second-order valence-electron chi connectivity index (χ2n) is 3.25. The van der Waals surface area contributed by atoms with Gasteiger partial charge in [0.1, 0.15) is 11.5 Å². The van der Waals surface area contributed by atoms with Crippen LogP contribution in [0.25, 0.3) is 5.69 Å². The van der Waals surface area contributed by atoms with Gasteiger partial charge in [-0.25, -0.2) is 9.07 Å². The van der Waals surface area contributed by atoms with Gasteiger partial charge in [0, 0.05) is 6.54 Å². The first-order valence-electron chi connectivity index (χ1n) is 4.67. The summed E-state index contributed by atoms with van der Waals surface area (Å²) in [4.78, 5) is 10.1. The zero-order valence-electron chi connectivity index (χ0n) is 8.58. The summed E-state index contributed by atoms with van der Waals surface area (Å²) in [7, 11) is 0. The van der Waals surface area contributed by atoms with E-state index in [9.17, 15) is 14.5 Å². The second kappa shape index (κ2) is 4.26. The molecule has 17 heavy (non-hydrogen) atoms. The van der Waals surface area contributed by atoms with Gasteiger partial charge >= 0.3 is 0 Å². The summed E-state index contributed by atoms with van der Waals surface area (Å²) in [5, 5.41) is 18.2. The third-order valence-electron chi connectivity index (χ3n) is 2.13. The van der Waals surface area contributed by atoms with Gasteiger partial charge in [0.25, 0.3) is 5.69 Å². The Labute approximate surface area is 94.8 Å². The monoisotopic (exact) mass is 237 g/mol. The number of rotatable bonds is 3. The van der Waals surface area contributed by atoms with Gasteiger partial charge in [-0.2, -0.15) is 0 Å². The fourth-order valence-electron chi connectivity index (χ4n) is 1.35. The molecule has 0 saturated heterocycles. The summed E-state index contributed by atoms with van der Waals surface area (Å²) in [6.45, 7) is 0.176. The topological polar surface area (TPSA) is 99.9 Å². The Hall–Kier alpha value is -2.35. The molecule has 1 heterocycles. The summed E-state index contributed by atoms with van der Waals surface area (Å²) < 4.78 is 14.1. The first-order chi connectivity index (χ1) is 8.11. The highest BCUT2D eigenvalue weighted by Crippen LogP contribution is 2.22. The molecular weight excluding hydrogens is 229 g/mol. The van der Waals surface area contributed by atoms with Crippen molar-refractivity contribution < 1.29 is 9.31 Å². The lowest BCUT2D eigenvalue weighted by molar-refractivity contribution is -0.384. The van der Waals surface area contributed by atoms with Crippen LogP contribution < -0.4 is 5.73 Å². The van der Waals surface area contributed by atoms with Crippen LogP contribution >= 0.6 is 0 Å². The molecule has 0 radical (unpaired) electrons. The standard InChI is InChI=1S/C9H8FN5O2/c10-6-1-2-8(9(3-6)15(16)17)14-5-7(4-11)12-13-14/h1-3,5H,4,11H2. The van der Waals surface area contributed by atoms with Crippen LogP contribution in [0.15, 0.2) is 24.4 Å². The van der Waals surface area contributed by atoms with Crippen molar-refractivity contribution in [2.24, 2.45) is 5.73 Å². The Kier molecular flexibility index (Phi) is 2.79. The largest absolute Gasteiger partial charge is 0.325 e. The number of hydrogen-bond donors (Lipinski definition) is 1. The second-order valence-corrected chi connectivity index (χ2v) is 3.25. The van der Waals surface area contributed by atoms with E-state index in [2.05, 4.69) is 10.3 Å². The number of nitrogens with two attached hydrogens (primary N) is 1. The Morgan fingerprint density at radius 1 is 1.53 bits per heavy atom. The summed E-state index contributed by atoms with van der Waals surface area (Å²) in [5.74, 6) is -0.681. The molecule has 0 saturated carbocycles. The zero-order chi connectivity index (χ0) is 12.4. The molecule has 7 nitrogen and oxygen atoms in total. The number of nitrogens with zero attached hydrogens (tertiary/aromatic N) is 4. The predicted molar refractivity (Wildman–Crippen MR) is 55.9 cm³/mol. The van der Waals surface area contributed by atoms with Crippen molar-refractivity contribution in [3.63, 3.8) is 0 Å². The van der Waals surface area contributed by atoms with Gasteiger partial charge in [-0.3, -0.25) is 10.1 Å². The molecule has 0 spiro atoms. The number of benzene rings is 1. The van der Waals surface area contributed by atoms with Gasteiger partial charge in [0.05, 0.1) is 22.9 Å². The first kappa shape index (κ1) is 11.1. The highest BCUT2D eigenvalue weighted by molar-refractivity contribution is 5.51. The van der Waals surface area contributed by atoms with E-state index in [1.54, 1.807) is 0 Å². The minimum absolute atomic E-state index is 0.142. The fraction of sp³-hybridized carbons (Fsp3) is 0.111. The fourth-order valence-corrected chi connectivity index (χ4v) is 1.35. The van der Waals surface area contributed by atoms with Crippen LogP contribution in [0.3, 0.4) is 0 Å². The SMILES string of the molecule is NCc1cn(-c2ccc(F)cc2[N+](=O)[O-])nn1. The van der Waals surface area contributed by atoms with E-state index in [0.29, 0.717) is 5.69 Å². The number of nitro groups is 1. The lowest BCUT2D eigenvalue weighted by Crippen LogP contribution is -2.01. The zero-order valence-corrected chi connectivity index (χ0v) is 8.58. The molecule has 0 aliphatic rings. The molecule has 2 rings (SSSR count). The molecule has 1 aromatic heterocycles. The Morgan fingerprint density at radius 2 is 2.29 bits per heavy atom. The summed E-state index contributed by atoms with van der Waals surface area (Å²) in [5.41, 5.74) is 5.61. The van der Waals surface area contributed by atoms with Crippen molar-refractivity contribution in [3.05, 3.63) is 46.0 Å². The highest BCUT2D eigenvalue weighted by atomic mass is 19.1. The molecule has 0 amide bonds. The van der Waals surface area contributed by atoms with Gasteiger partial charge in [-0.1, -0.05) is 5.21 Å². The van der Waals surface area contributed by atoms with Gasteiger partial charge < -0.3 is 5.73 Å². The smallest absolute Gasteiger partial charge is 0.297 e. The van der Waals surface area contributed by atoms with E-state index >= 15 is 0 Å². The van der Waals surface area contributed by atoms with Crippen LogP contribution in [0, 0.1) is 15.9 Å². The third-order valence-corrected chi connectivity index (χ3v) is 2.13. The molecule has 0 fully saturated rings. The van der Waals surface area contributed by atoms with Crippen LogP contribution in [-0.2, 0) is 6.54 Å². The summed E-state index contributed by atoms with van der Waals surface area (Å²) >= 11 is 0. The minimum atomic E-state index is -0.681. The van der Waals surface area contributed by atoms with Gasteiger partial charge in [0.2, 0.25) is 0 Å². The van der Waals surface area contributed by atoms with Crippen LogP contribution in [0.2, 0.25) is 0 Å². The van der Waals surface area contributed by atoms with Crippen molar-refractivity contribution in [3.8, 4) is 5.69 Å². The molecule has 0 unspecified atom stereocenters. The van der Waals surface area contributed by atoms with Gasteiger partial charge in [-0.15, -0.1) is 5.10 Å². The van der Waals surface area contributed by atoms with E-state index in [0.717, 1.165) is 12.1 Å². The van der Waals surface area contributed by atoms with Crippen LogP contribution in [0.1, 0.15) is 5.69 Å². The predicted octanol–water partition coefficient (Wildman–Crippen LogP) is 0.773. The molecular formula is C9H8FN5O2. The van der Waals surface area contributed by atoms with Crippen LogP contribution in [0.5, 0.6) is 0 Å². The average Bonchev–Trinajstić information content (AvgIpc) is 2.77. The maximum absolute atomic E-state index is 12.9. The molecule has 2 N–H and O–H groups in total. The van der Waals surface area contributed by atoms with Crippen molar-refractivity contribution in [1.29, 1.82) is 0 Å². The van der Waals surface area contributed by atoms with Crippen molar-refractivity contribution in [2.45, 2.75) is 6.54 Å². The highest BCUT2D eigenvalue weighted by Gasteiger charge is 2.17. The van der Waals surface area contributed by atoms with Crippen molar-refractivity contribution >= 4 is 5.69 Å². The summed E-state index contributed by atoms with van der Waals surface area (Å²) in [6.07, 6.45) is 1.46. The summed E-state index contributed by atoms with van der Waals surface area (Å²) in [6, 6.07) is 3.22. The van der Waals surface area contributed by atoms with Crippen LogP contribution in [0.4, 0.5) is 10.1 Å². The molecule has 1 aromatic carbocycles. The van der Waals surface area contributed by atoms with Crippen molar-refractivity contribution in [2.75, 3.05) is 0 Å². The number of halogens is 1. The van der Waals surface area contributed by atoms with Gasteiger partial charge in [-0.05, 0) is 12.1 Å².